The van der Waals surface area contributed by atoms with E-state index in [1.165, 1.54) is 23.7 Å². The summed E-state index contributed by atoms with van der Waals surface area (Å²) in [7, 11) is -1.12. The third kappa shape index (κ3) is 35.4. The Kier molecular flexibility index (Phi) is 36.5. The number of nitrogens with zero attached hydrogens (tertiary/aromatic N) is 2. The zero-order valence-electron chi connectivity index (χ0n) is 22.1. The molecule has 0 bridgehead atoms. The largest absolute Gasteiger partial charge is 0.447 e. The molecule has 0 spiro atoms. The van der Waals surface area contributed by atoms with E-state index in [2.05, 4.69) is 35.1 Å². The lowest BCUT2D eigenvalue weighted by Crippen LogP contribution is -2.24. The highest BCUT2D eigenvalue weighted by Gasteiger charge is 2.03. The first kappa shape index (κ1) is 42.1. The Labute approximate surface area is 282 Å². The van der Waals surface area contributed by atoms with E-state index in [0.29, 0.717) is 33.7 Å². The number of aliphatic imine (C=N–C) groups is 2. The van der Waals surface area contributed by atoms with Crippen molar-refractivity contribution in [2.24, 2.45) is 9.98 Å². The molecule has 0 heterocycles. The fraction of sp³-hybridized carbons (Fsp3) is 0.789. The SMILES string of the molecule is O=C(NCSCSCSC/N=C\S(=O)CSCSCSC(=O)NCSCSCSC/N=C/OOCCO)OCCO. The van der Waals surface area contributed by atoms with E-state index < -0.39 is 16.9 Å². The van der Waals surface area contributed by atoms with Crippen LogP contribution in [0, 0.1) is 0 Å². The van der Waals surface area contributed by atoms with Gasteiger partial charge in [0, 0.05) is 30.5 Å². The molecule has 0 saturated heterocycles. The van der Waals surface area contributed by atoms with Crippen molar-refractivity contribution < 1.29 is 38.5 Å². The van der Waals surface area contributed by atoms with E-state index in [9.17, 15) is 13.8 Å². The normalized spacial score (nSPS) is 12.1. The molecule has 0 aromatic heterocycles. The Balaban J connectivity index is 3.39. The average Bonchev–Trinajstić information content (AvgIpc) is 2.97. The quantitative estimate of drug-likeness (QED) is 0.0212. The van der Waals surface area contributed by atoms with E-state index >= 15 is 0 Å². The van der Waals surface area contributed by atoms with Gasteiger partial charge in [-0.15, -0.1) is 94.1 Å². The number of ether oxygens (including phenoxy) is 1. The molecular weight excluding hydrogens is 733 g/mol. The summed E-state index contributed by atoms with van der Waals surface area (Å²) in [5.74, 6) is 2.11. The summed E-state index contributed by atoms with van der Waals surface area (Å²) >= 11 is 14.3. The predicted molar refractivity (Wildman–Crippen MR) is 191 cm³/mol. The van der Waals surface area contributed by atoms with Crippen LogP contribution in [0.3, 0.4) is 0 Å². The highest BCUT2D eigenvalue weighted by molar-refractivity contribution is 8.29. The molecule has 0 aliphatic heterocycles. The van der Waals surface area contributed by atoms with Gasteiger partial charge in [0.2, 0.25) is 6.40 Å². The summed E-state index contributed by atoms with van der Waals surface area (Å²) in [4.78, 5) is 40.4. The number of rotatable bonds is 29. The number of thioether (sulfide) groups is 9. The monoisotopic (exact) mass is 768 g/mol. The summed E-state index contributed by atoms with van der Waals surface area (Å²) in [5, 5.41) is 27.7. The maximum Gasteiger partial charge on any atom is 0.407 e. The van der Waals surface area contributed by atoms with Crippen LogP contribution in [0.1, 0.15) is 0 Å². The maximum absolute atomic E-state index is 12.0. The summed E-state index contributed by atoms with van der Waals surface area (Å²) in [6.07, 6.45) is 0.677. The van der Waals surface area contributed by atoms with Crippen LogP contribution in [0.25, 0.3) is 0 Å². The van der Waals surface area contributed by atoms with Gasteiger partial charge in [-0.2, -0.15) is 4.89 Å². The summed E-state index contributed by atoms with van der Waals surface area (Å²) in [6.45, 7) is -0.186. The Bertz CT molecular complexity index is 719. The Morgan fingerprint density at radius 3 is 2.07 bits per heavy atom. The minimum absolute atomic E-state index is 0.00689. The first-order valence-corrected chi connectivity index (χ1v) is 23.0. The van der Waals surface area contributed by atoms with Gasteiger partial charge in [-0.25, -0.2) is 9.79 Å². The number of hydrogen-bond donors (Lipinski definition) is 4. The molecule has 0 aromatic rings. The van der Waals surface area contributed by atoms with Crippen molar-refractivity contribution in [3.63, 3.8) is 0 Å². The summed E-state index contributed by atoms with van der Waals surface area (Å²) < 4.78 is 16.6. The van der Waals surface area contributed by atoms with Crippen molar-refractivity contribution in [3.8, 4) is 0 Å². The highest BCUT2D eigenvalue weighted by Crippen LogP contribution is 2.20. The first-order chi connectivity index (χ1) is 20.1. The topological polar surface area (TPSA) is 168 Å². The van der Waals surface area contributed by atoms with Gasteiger partial charge in [0.1, 0.15) is 13.2 Å². The van der Waals surface area contributed by atoms with Gasteiger partial charge in [0.05, 0.1) is 58.2 Å². The van der Waals surface area contributed by atoms with Crippen LogP contribution in [0.4, 0.5) is 9.59 Å². The number of aliphatic hydroxyl groups excluding tert-OH is 2. The molecule has 240 valence electrons. The van der Waals surface area contributed by atoms with Gasteiger partial charge < -0.3 is 30.5 Å². The fourth-order valence-corrected chi connectivity index (χ4v) is 11.9. The molecule has 0 aromatic carbocycles. The second kappa shape index (κ2) is 35.5. The number of nitrogens with one attached hydrogen (secondary N) is 2. The van der Waals surface area contributed by atoms with Gasteiger partial charge in [0.25, 0.3) is 5.24 Å². The average molecular weight is 769 g/mol. The lowest BCUT2D eigenvalue weighted by Gasteiger charge is -2.05. The number of hydrogen-bond acceptors (Lipinski definition) is 19. The van der Waals surface area contributed by atoms with Crippen molar-refractivity contribution in [1.29, 1.82) is 0 Å². The molecule has 0 saturated carbocycles. The lowest BCUT2D eigenvalue weighted by atomic mass is 10.8. The predicted octanol–water partition coefficient (Wildman–Crippen LogP) is 4.29. The van der Waals surface area contributed by atoms with Crippen LogP contribution in [0.5, 0.6) is 0 Å². The molecule has 41 heavy (non-hydrogen) atoms. The first-order valence-electron chi connectivity index (χ1n) is 11.4. The number of alkyl carbamates (subject to hydrolysis) is 1. The van der Waals surface area contributed by atoms with E-state index in [1.54, 1.807) is 94.1 Å². The molecule has 4 N–H and O–H groups in total. The maximum atomic E-state index is 12.0. The lowest BCUT2D eigenvalue weighted by molar-refractivity contribution is -0.221. The van der Waals surface area contributed by atoms with Gasteiger partial charge in [-0.05, 0) is 0 Å². The van der Waals surface area contributed by atoms with Crippen molar-refractivity contribution in [1.82, 2.24) is 10.6 Å². The van der Waals surface area contributed by atoms with Crippen molar-refractivity contribution in [2.75, 3.05) is 85.5 Å². The van der Waals surface area contributed by atoms with Crippen LogP contribution in [0.2, 0.25) is 0 Å². The third-order valence-corrected chi connectivity index (χ3v) is 14.7. The molecule has 2 amide bonds. The number of aliphatic hydroxyl groups is 2. The van der Waals surface area contributed by atoms with Crippen molar-refractivity contribution in [2.45, 2.75) is 0 Å². The van der Waals surface area contributed by atoms with E-state index in [-0.39, 0.29) is 31.7 Å². The third-order valence-electron chi connectivity index (χ3n) is 3.15. The Morgan fingerprint density at radius 2 is 1.37 bits per heavy atom. The molecular formula is C19H36N4O8S10. The fourth-order valence-electron chi connectivity index (χ4n) is 1.65. The number of carbonyl (C=O) groups is 2. The van der Waals surface area contributed by atoms with Crippen LogP contribution < -0.4 is 10.6 Å². The number of carbonyl (C=O) groups excluding carboxylic acids is 2. The molecule has 0 radical (unpaired) electrons. The molecule has 0 aliphatic rings. The smallest absolute Gasteiger partial charge is 0.407 e. The standard InChI is InChI=1S/C19H36N4O8S10/c24-1-3-29-18(26)22-8-34-13-37-12-33-7-21-10-41(28)17-39-15-38-16-40-19(27)23-9-35-14-36-11-32-6-20-5-31-30-4-2-25/h5,10,24-25H,1-4,6-9,11-17H2,(H,22,26)(H,23,27)/b20-5+,21-10-. The number of amides is 2. The summed E-state index contributed by atoms with van der Waals surface area (Å²) in [5.41, 5.74) is 1.49. The summed E-state index contributed by atoms with van der Waals surface area (Å²) in [6, 6.07) is 0. The van der Waals surface area contributed by atoms with Gasteiger partial charge in [0.15, 0.2) is 0 Å². The van der Waals surface area contributed by atoms with Crippen molar-refractivity contribution >= 4 is 140 Å². The van der Waals surface area contributed by atoms with Gasteiger partial charge in [-0.1, -0.05) is 11.8 Å². The minimum Gasteiger partial charge on any atom is -0.447 e. The Morgan fingerprint density at radius 1 is 0.756 bits per heavy atom. The molecule has 0 fully saturated rings. The van der Waals surface area contributed by atoms with Gasteiger partial charge >= 0.3 is 6.09 Å². The van der Waals surface area contributed by atoms with Crippen LogP contribution in [-0.4, -0.2) is 123 Å². The molecule has 0 aliphatic carbocycles. The Hall–Kier alpha value is 1.06. The van der Waals surface area contributed by atoms with Crippen LogP contribution in [0.15, 0.2) is 9.98 Å². The molecule has 0 rings (SSSR count). The highest BCUT2D eigenvalue weighted by atomic mass is 32.3. The van der Waals surface area contributed by atoms with Crippen LogP contribution in [-0.2, 0) is 25.3 Å². The zero-order valence-corrected chi connectivity index (χ0v) is 30.2. The van der Waals surface area contributed by atoms with E-state index in [1.807, 2.05) is 0 Å². The molecule has 1 atom stereocenters. The molecule has 1 unspecified atom stereocenters. The van der Waals surface area contributed by atoms with Gasteiger partial charge in [-0.3, -0.25) is 14.0 Å². The second-order valence-corrected chi connectivity index (χ2v) is 18.8. The zero-order chi connectivity index (χ0) is 30.1. The molecule has 22 heteroatoms. The van der Waals surface area contributed by atoms with E-state index in [4.69, 9.17) is 10.2 Å². The minimum atomic E-state index is -1.12. The van der Waals surface area contributed by atoms with Crippen LogP contribution >= 0.6 is 106 Å². The van der Waals surface area contributed by atoms with Crippen molar-refractivity contribution in [3.05, 3.63) is 0 Å². The molecule has 12 nitrogen and oxygen atoms in total. The van der Waals surface area contributed by atoms with E-state index in [0.717, 1.165) is 25.4 Å². The second-order valence-electron chi connectivity index (χ2n) is 6.25.